The van der Waals surface area contributed by atoms with Crippen LogP contribution in [0.2, 0.25) is 0 Å². The predicted molar refractivity (Wildman–Crippen MR) is 124 cm³/mol. The fourth-order valence-corrected chi connectivity index (χ4v) is 6.92. The minimum absolute atomic E-state index is 0.667. The third-order valence-corrected chi connectivity index (χ3v) is 8.36. The molecule has 1 atom stereocenters. The molecule has 0 aromatic heterocycles. The summed E-state index contributed by atoms with van der Waals surface area (Å²) in [7, 11) is -0.667. The van der Waals surface area contributed by atoms with Gasteiger partial charge in [-0.15, -0.1) is 0 Å². The molecule has 0 bridgehead atoms. The second-order valence-electron chi connectivity index (χ2n) is 8.10. The zero-order valence-corrected chi connectivity index (χ0v) is 17.4. The lowest BCUT2D eigenvalue weighted by Gasteiger charge is -2.33. The number of hydrogen-bond donors (Lipinski definition) is 0. The molecule has 2 heterocycles. The van der Waals surface area contributed by atoms with Crippen LogP contribution in [0.1, 0.15) is 24.8 Å². The van der Waals surface area contributed by atoms with Crippen LogP contribution in [-0.4, -0.2) is 17.8 Å². The number of rotatable bonds is 1. The normalized spacial score (nSPS) is 19.4. The molecule has 144 valence electrons. The molecule has 0 N–H and O–H groups in total. The first-order valence-corrected chi connectivity index (χ1v) is 12.0. The van der Waals surface area contributed by atoms with Crippen molar-refractivity contribution in [3.63, 3.8) is 0 Å². The molecule has 29 heavy (non-hydrogen) atoms. The van der Waals surface area contributed by atoms with Gasteiger partial charge >= 0.3 is 0 Å². The lowest BCUT2D eigenvalue weighted by Crippen LogP contribution is -2.27. The molecule has 0 aliphatic carbocycles. The Morgan fingerprint density at radius 2 is 1.31 bits per heavy atom. The van der Waals surface area contributed by atoms with Gasteiger partial charge < -0.3 is 4.52 Å². The summed E-state index contributed by atoms with van der Waals surface area (Å²) in [4.78, 5) is 0. The zero-order valence-electron chi connectivity index (χ0n) is 16.5. The van der Waals surface area contributed by atoms with E-state index >= 15 is 0 Å². The average molecular weight is 397 g/mol. The van der Waals surface area contributed by atoms with Gasteiger partial charge in [0, 0.05) is 24.8 Å². The van der Waals surface area contributed by atoms with E-state index in [9.17, 15) is 0 Å². The van der Waals surface area contributed by atoms with Gasteiger partial charge in [-0.25, -0.2) is 0 Å². The van der Waals surface area contributed by atoms with E-state index < -0.39 is 8.30 Å². The summed E-state index contributed by atoms with van der Waals surface area (Å²) < 4.78 is 9.44. The fourth-order valence-electron chi connectivity index (χ4n) is 4.88. The van der Waals surface area contributed by atoms with E-state index in [0.717, 1.165) is 25.0 Å². The van der Waals surface area contributed by atoms with Crippen molar-refractivity contribution in [2.45, 2.75) is 25.4 Å². The summed E-state index contributed by atoms with van der Waals surface area (Å²) in [5, 5.41) is 5.20. The van der Waals surface area contributed by atoms with Crippen LogP contribution >= 0.6 is 8.30 Å². The molecule has 0 amide bonds. The molecule has 2 aliphatic rings. The first-order valence-electron chi connectivity index (χ1n) is 10.6. The predicted octanol–water partition coefficient (Wildman–Crippen LogP) is 7.35. The molecular weight excluding hydrogens is 373 g/mol. The Bertz CT molecular complexity index is 1120. The molecule has 6 rings (SSSR count). The van der Waals surface area contributed by atoms with Gasteiger partial charge in [-0.05, 0) is 51.6 Å². The van der Waals surface area contributed by atoms with Crippen LogP contribution < -0.4 is 4.52 Å². The molecule has 2 aliphatic heterocycles. The standard InChI is InChI=1S/C26H24NOP/c1-6-16-27(17-7-1)29-18-21-13-12-19-8-2-4-10-22(19)25(21)26-23-11-5-3-9-20(23)14-15-24(26)28-29/h2-5,8-15H,1,6-7,16-18H2. The van der Waals surface area contributed by atoms with Gasteiger partial charge in [-0.1, -0.05) is 73.2 Å². The number of fused-ring (bicyclic) bond motifs is 7. The molecular formula is C26H24NOP. The molecule has 1 unspecified atom stereocenters. The van der Waals surface area contributed by atoms with Crippen molar-refractivity contribution < 1.29 is 4.52 Å². The highest BCUT2D eigenvalue weighted by Gasteiger charge is 2.30. The Morgan fingerprint density at radius 1 is 0.655 bits per heavy atom. The first-order chi connectivity index (χ1) is 14.4. The van der Waals surface area contributed by atoms with E-state index in [-0.39, 0.29) is 0 Å². The van der Waals surface area contributed by atoms with Crippen LogP contribution in [0.25, 0.3) is 32.7 Å². The van der Waals surface area contributed by atoms with Gasteiger partial charge in [-0.2, -0.15) is 0 Å². The second kappa shape index (κ2) is 7.13. The summed E-state index contributed by atoms with van der Waals surface area (Å²) in [5.41, 5.74) is 4.07. The number of piperidine rings is 1. The van der Waals surface area contributed by atoms with Crippen molar-refractivity contribution in [2.24, 2.45) is 0 Å². The van der Waals surface area contributed by atoms with Crippen LogP contribution in [0, 0.1) is 0 Å². The minimum atomic E-state index is -0.667. The number of benzene rings is 4. The lowest BCUT2D eigenvalue weighted by molar-refractivity contribution is 0.344. The molecule has 1 saturated heterocycles. The van der Waals surface area contributed by atoms with Crippen LogP contribution in [0.15, 0.2) is 72.8 Å². The van der Waals surface area contributed by atoms with Crippen molar-refractivity contribution in [1.82, 2.24) is 4.67 Å². The van der Waals surface area contributed by atoms with Gasteiger partial charge in [0.25, 0.3) is 0 Å². The summed E-state index contributed by atoms with van der Waals surface area (Å²) in [5.74, 6) is 1.05. The molecule has 4 aromatic carbocycles. The maximum absolute atomic E-state index is 6.83. The highest BCUT2D eigenvalue weighted by atomic mass is 31.2. The molecule has 0 saturated carbocycles. The summed E-state index contributed by atoms with van der Waals surface area (Å²) >= 11 is 0. The second-order valence-corrected chi connectivity index (χ2v) is 9.87. The van der Waals surface area contributed by atoms with Crippen LogP contribution in [0.4, 0.5) is 0 Å². The quantitative estimate of drug-likeness (QED) is 0.311. The van der Waals surface area contributed by atoms with Crippen molar-refractivity contribution in [1.29, 1.82) is 0 Å². The number of nitrogens with zero attached hydrogens (tertiary/aromatic N) is 1. The van der Waals surface area contributed by atoms with Gasteiger partial charge in [-0.3, -0.25) is 4.67 Å². The Labute approximate surface area is 173 Å². The monoisotopic (exact) mass is 397 g/mol. The van der Waals surface area contributed by atoms with E-state index in [0.29, 0.717) is 0 Å². The maximum Gasteiger partial charge on any atom is 0.168 e. The maximum atomic E-state index is 6.83. The average Bonchev–Trinajstić information content (AvgIpc) is 2.97. The molecule has 3 heteroatoms. The molecule has 2 nitrogen and oxygen atoms in total. The largest absolute Gasteiger partial charge is 0.457 e. The highest BCUT2D eigenvalue weighted by molar-refractivity contribution is 7.49. The summed E-state index contributed by atoms with van der Waals surface area (Å²) in [6.45, 7) is 2.33. The first kappa shape index (κ1) is 17.4. The fraction of sp³-hybridized carbons (Fsp3) is 0.231. The van der Waals surface area contributed by atoms with Crippen molar-refractivity contribution in [3.8, 4) is 16.9 Å². The van der Waals surface area contributed by atoms with Crippen molar-refractivity contribution >= 4 is 29.8 Å². The molecule has 4 aromatic rings. The van der Waals surface area contributed by atoms with Gasteiger partial charge in [0.15, 0.2) is 8.30 Å². The summed E-state index contributed by atoms with van der Waals surface area (Å²) in [6, 6.07) is 26.6. The van der Waals surface area contributed by atoms with Gasteiger partial charge in [0.05, 0.1) is 0 Å². The van der Waals surface area contributed by atoms with Crippen LogP contribution in [0.3, 0.4) is 0 Å². The van der Waals surface area contributed by atoms with E-state index in [1.165, 1.54) is 57.5 Å². The third kappa shape index (κ3) is 2.94. The van der Waals surface area contributed by atoms with Crippen molar-refractivity contribution in [2.75, 3.05) is 13.1 Å². The van der Waals surface area contributed by atoms with E-state index in [2.05, 4.69) is 77.5 Å². The Morgan fingerprint density at radius 3 is 2.07 bits per heavy atom. The van der Waals surface area contributed by atoms with Gasteiger partial charge in [0.2, 0.25) is 0 Å². The highest BCUT2D eigenvalue weighted by Crippen LogP contribution is 2.55. The Kier molecular flexibility index (Phi) is 4.29. The summed E-state index contributed by atoms with van der Waals surface area (Å²) in [6.07, 6.45) is 4.93. The van der Waals surface area contributed by atoms with Crippen LogP contribution in [0.5, 0.6) is 5.75 Å². The minimum Gasteiger partial charge on any atom is -0.457 e. The smallest absolute Gasteiger partial charge is 0.168 e. The number of hydrogen-bond acceptors (Lipinski definition) is 2. The van der Waals surface area contributed by atoms with Crippen LogP contribution in [-0.2, 0) is 6.16 Å². The Hall–Kier alpha value is -2.41. The lowest BCUT2D eigenvalue weighted by atomic mass is 9.90. The topological polar surface area (TPSA) is 12.5 Å². The molecule has 0 radical (unpaired) electrons. The van der Waals surface area contributed by atoms with E-state index in [4.69, 9.17) is 4.52 Å². The Balaban J connectivity index is 1.65. The van der Waals surface area contributed by atoms with E-state index in [1.807, 2.05) is 0 Å². The SMILES string of the molecule is c1ccc2c3c(ccc2c1)CP(N1CCCCC1)Oc1ccc2ccccc2c1-3. The zero-order chi connectivity index (χ0) is 19.2. The van der Waals surface area contributed by atoms with Gasteiger partial charge in [0.1, 0.15) is 5.75 Å². The molecule has 1 fully saturated rings. The molecule has 0 spiro atoms. The third-order valence-electron chi connectivity index (χ3n) is 6.31. The van der Waals surface area contributed by atoms with E-state index in [1.54, 1.807) is 0 Å². The van der Waals surface area contributed by atoms with Crippen molar-refractivity contribution in [3.05, 3.63) is 78.4 Å².